The summed E-state index contributed by atoms with van der Waals surface area (Å²) in [5.74, 6) is -0.0843. The Morgan fingerprint density at radius 3 is 2.52 bits per heavy atom. The molecule has 0 aliphatic rings. The zero-order valence-electron chi connectivity index (χ0n) is 14.1. The van der Waals surface area contributed by atoms with Gasteiger partial charge in [-0.15, -0.1) is 0 Å². The second kappa shape index (κ2) is 8.94. The molecule has 0 heterocycles. The van der Waals surface area contributed by atoms with E-state index in [1.54, 1.807) is 6.92 Å². The lowest BCUT2D eigenvalue weighted by Gasteiger charge is -2.16. The van der Waals surface area contributed by atoms with Crippen LogP contribution in [0.15, 0.2) is 48.5 Å². The predicted octanol–water partition coefficient (Wildman–Crippen LogP) is 3.19. The fourth-order valence-electron chi connectivity index (χ4n) is 2.82. The van der Waals surface area contributed by atoms with Gasteiger partial charge in [-0.1, -0.05) is 30.3 Å². The molecule has 1 atom stereocenters. The van der Waals surface area contributed by atoms with E-state index in [4.69, 9.17) is 0 Å². The van der Waals surface area contributed by atoms with Gasteiger partial charge in [0, 0.05) is 30.3 Å². The first kappa shape index (κ1) is 18.6. The first-order chi connectivity index (χ1) is 12.0. The van der Waals surface area contributed by atoms with E-state index in [0.717, 1.165) is 5.56 Å². The number of rotatable bonds is 8. The van der Waals surface area contributed by atoms with E-state index < -0.39 is 4.92 Å². The number of nitro benzene ring substituents is 1. The van der Waals surface area contributed by atoms with Crippen molar-refractivity contribution in [3.05, 3.63) is 75.3 Å². The van der Waals surface area contributed by atoms with Crippen molar-refractivity contribution in [3.63, 3.8) is 0 Å². The number of aliphatic hydroxyl groups is 1. The molecule has 0 spiro atoms. The third-order valence-corrected chi connectivity index (χ3v) is 4.18. The van der Waals surface area contributed by atoms with Crippen LogP contribution >= 0.6 is 0 Å². The first-order valence-electron chi connectivity index (χ1n) is 8.22. The van der Waals surface area contributed by atoms with Crippen molar-refractivity contribution in [2.75, 3.05) is 13.2 Å². The number of amides is 1. The van der Waals surface area contributed by atoms with Gasteiger partial charge in [0.1, 0.15) is 0 Å². The molecule has 0 saturated heterocycles. The van der Waals surface area contributed by atoms with Gasteiger partial charge in [0.25, 0.3) is 11.6 Å². The molecular formula is C19H22N2O4. The third-order valence-electron chi connectivity index (χ3n) is 4.18. The Kier molecular flexibility index (Phi) is 6.65. The van der Waals surface area contributed by atoms with Crippen LogP contribution in [0.3, 0.4) is 0 Å². The summed E-state index contributed by atoms with van der Waals surface area (Å²) in [6.07, 6.45) is 1.35. The van der Waals surface area contributed by atoms with E-state index in [9.17, 15) is 20.0 Å². The summed E-state index contributed by atoms with van der Waals surface area (Å²) in [7, 11) is 0. The van der Waals surface area contributed by atoms with Crippen LogP contribution in [-0.4, -0.2) is 29.1 Å². The average molecular weight is 342 g/mol. The zero-order valence-corrected chi connectivity index (χ0v) is 14.1. The monoisotopic (exact) mass is 342 g/mol. The molecule has 2 rings (SSSR count). The highest BCUT2D eigenvalue weighted by atomic mass is 16.6. The Balaban J connectivity index is 1.95. The van der Waals surface area contributed by atoms with Crippen LogP contribution < -0.4 is 5.32 Å². The molecule has 1 amide bonds. The average Bonchev–Trinajstić information content (AvgIpc) is 2.61. The van der Waals surface area contributed by atoms with Crippen molar-refractivity contribution in [3.8, 4) is 0 Å². The smallest absolute Gasteiger partial charge is 0.272 e. The van der Waals surface area contributed by atoms with E-state index in [0.29, 0.717) is 30.5 Å². The van der Waals surface area contributed by atoms with Crippen molar-refractivity contribution in [1.82, 2.24) is 5.32 Å². The molecule has 0 radical (unpaired) electrons. The normalized spacial score (nSPS) is 11.8. The fourth-order valence-corrected chi connectivity index (χ4v) is 2.82. The number of nitrogens with zero attached hydrogens (tertiary/aromatic N) is 1. The van der Waals surface area contributed by atoms with Crippen LogP contribution in [0.5, 0.6) is 0 Å². The number of nitro groups is 1. The Morgan fingerprint density at radius 1 is 1.20 bits per heavy atom. The van der Waals surface area contributed by atoms with E-state index in [1.807, 2.05) is 30.3 Å². The van der Waals surface area contributed by atoms with Crippen LogP contribution in [0.1, 0.15) is 40.2 Å². The maximum Gasteiger partial charge on any atom is 0.272 e. The van der Waals surface area contributed by atoms with Crippen molar-refractivity contribution in [2.24, 2.45) is 0 Å². The van der Waals surface area contributed by atoms with E-state index >= 15 is 0 Å². The second-order valence-electron chi connectivity index (χ2n) is 5.92. The third kappa shape index (κ3) is 5.12. The van der Waals surface area contributed by atoms with Gasteiger partial charge in [-0.3, -0.25) is 14.9 Å². The molecule has 0 aromatic heterocycles. The molecule has 0 saturated carbocycles. The van der Waals surface area contributed by atoms with Crippen LogP contribution in [0.2, 0.25) is 0 Å². The van der Waals surface area contributed by atoms with Crippen molar-refractivity contribution < 1.29 is 14.8 Å². The van der Waals surface area contributed by atoms with Gasteiger partial charge in [-0.2, -0.15) is 0 Å². The van der Waals surface area contributed by atoms with Gasteiger partial charge >= 0.3 is 0 Å². The number of nitrogens with one attached hydrogen (secondary N) is 1. The van der Waals surface area contributed by atoms with Gasteiger partial charge in [0.05, 0.1) is 4.92 Å². The molecule has 1 unspecified atom stereocenters. The number of hydrogen-bond donors (Lipinski definition) is 2. The molecule has 6 heteroatoms. The summed E-state index contributed by atoms with van der Waals surface area (Å²) in [5, 5.41) is 22.9. The summed E-state index contributed by atoms with van der Waals surface area (Å²) < 4.78 is 0. The predicted molar refractivity (Wildman–Crippen MR) is 95.7 cm³/mol. The number of carbonyl (C=O) groups excluding carboxylic acids is 1. The SMILES string of the molecule is Cc1cc(C(=O)NCCC(CCO)c2ccccc2)ccc1[N+](=O)[O-]. The lowest BCUT2D eigenvalue weighted by atomic mass is 9.93. The summed E-state index contributed by atoms with van der Waals surface area (Å²) in [6.45, 7) is 2.17. The number of aryl methyl sites for hydroxylation is 1. The maximum absolute atomic E-state index is 12.2. The topological polar surface area (TPSA) is 92.5 Å². The lowest BCUT2D eigenvalue weighted by molar-refractivity contribution is -0.385. The minimum atomic E-state index is -0.462. The standard InChI is InChI=1S/C19H22N2O4/c1-14-13-17(7-8-18(14)21(24)25)19(23)20-11-9-16(10-12-22)15-5-3-2-4-6-15/h2-8,13,16,22H,9-12H2,1H3,(H,20,23). The number of aliphatic hydroxyl groups excluding tert-OH is 1. The summed E-state index contributed by atoms with van der Waals surface area (Å²) in [4.78, 5) is 22.6. The van der Waals surface area contributed by atoms with Crippen LogP contribution in [-0.2, 0) is 0 Å². The Bertz CT molecular complexity index is 731. The summed E-state index contributed by atoms with van der Waals surface area (Å²) in [6, 6.07) is 14.2. The molecule has 2 aromatic carbocycles. The molecule has 0 aliphatic carbocycles. The van der Waals surface area contributed by atoms with Crippen molar-refractivity contribution >= 4 is 11.6 Å². The molecule has 2 aromatic rings. The van der Waals surface area contributed by atoms with Gasteiger partial charge in [-0.05, 0) is 43.4 Å². The summed E-state index contributed by atoms with van der Waals surface area (Å²) in [5.41, 5.74) is 2.00. The molecule has 2 N–H and O–H groups in total. The molecule has 0 aliphatic heterocycles. The summed E-state index contributed by atoms with van der Waals surface area (Å²) >= 11 is 0. The minimum Gasteiger partial charge on any atom is -0.396 e. The Morgan fingerprint density at radius 2 is 1.92 bits per heavy atom. The molecule has 0 fully saturated rings. The maximum atomic E-state index is 12.2. The number of hydrogen-bond acceptors (Lipinski definition) is 4. The van der Waals surface area contributed by atoms with Crippen LogP contribution in [0, 0.1) is 17.0 Å². The largest absolute Gasteiger partial charge is 0.396 e. The highest BCUT2D eigenvalue weighted by molar-refractivity contribution is 5.94. The van der Waals surface area contributed by atoms with Crippen molar-refractivity contribution in [1.29, 1.82) is 0 Å². The van der Waals surface area contributed by atoms with Crippen LogP contribution in [0.4, 0.5) is 5.69 Å². The molecule has 25 heavy (non-hydrogen) atoms. The highest BCUT2D eigenvalue weighted by Crippen LogP contribution is 2.23. The fraction of sp³-hybridized carbons (Fsp3) is 0.316. The van der Waals surface area contributed by atoms with Gasteiger partial charge < -0.3 is 10.4 Å². The van der Waals surface area contributed by atoms with E-state index in [1.165, 1.54) is 18.2 Å². The van der Waals surface area contributed by atoms with E-state index in [-0.39, 0.29) is 24.1 Å². The Labute approximate surface area is 146 Å². The number of benzene rings is 2. The van der Waals surface area contributed by atoms with Crippen molar-refractivity contribution in [2.45, 2.75) is 25.7 Å². The minimum absolute atomic E-state index is 0.00337. The molecule has 0 bridgehead atoms. The quantitative estimate of drug-likeness (QED) is 0.569. The Hall–Kier alpha value is -2.73. The number of carbonyl (C=O) groups is 1. The van der Waals surface area contributed by atoms with Crippen LogP contribution in [0.25, 0.3) is 0 Å². The molecule has 6 nitrogen and oxygen atoms in total. The van der Waals surface area contributed by atoms with Gasteiger partial charge in [0.15, 0.2) is 0 Å². The zero-order chi connectivity index (χ0) is 18.2. The lowest BCUT2D eigenvalue weighted by Crippen LogP contribution is -2.26. The second-order valence-corrected chi connectivity index (χ2v) is 5.92. The molecule has 132 valence electrons. The van der Waals surface area contributed by atoms with Gasteiger partial charge in [-0.25, -0.2) is 0 Å². The highest BCUT2D eigenvalue weighted by Gasteiger charge is 2.15. The van der Waals surface area contributed by atoms with Gasteiger partial charge in [0.2, 0.25) is 0 Å². The first-order valence-corrected chi connectivity index (χ1v) is 8.22. The molecular weight excluding hydrogens is 320 g/mol. The van der Waals surface area contributed by atoms with E-state index in [2.05, 4.69) is 5.32 Å².